The molecular formula is C15H20BrN5. The highest BCUT2D eigenvalue weighted by atomic mass is 79.9. The molecule has 1 heterocycles. The fourth-order valence-electron chi connectivity index (χ4n) is 3.10. The van der Waals surface area contributed by atoms with E-state index in [2.05, 4.69) is 38.4 Å². The summed E-state index contributed by atoms with van der Waals surface area (Å²) < 4.78 is 2.82. The standard InChI is InChI=1S/C15H20BrN5/c1-10-4-2-3-5-12(10)9-21-15(18-19-20-21)11-6-7-13(16)14(17)8-11/h6-8,10,12H,2-5,9,17H2,1H3. The van der Waals surface area contributed by atoms with Crippen LogP contribution in [-0.4, -0.2) is 20.2 Å². The summed E-state index contributed by atoms with van der Waals surface area (Å²) in [5, 5.41) is 12.2. The van der Waals surface area contributed by atoms with Crippen molar-refractivity contribution in [2.75, 3.05) is 5.73 Å². The van der Waals surface area contributed by atoms with Crippen molar-refractivity contribution in [3.05, 3.63) is 22.7 Å². The first-order valence-corrected chi connectivity index (χ1v) is 8.26. The van der Waals surface area contributed by atoms with Gasteiger partial charge in [0.25, 0.3) is 0 Å². The van der Waals surface area contributed by atoms with Gasteiger partial charge in [-0.1, -0.05) is 26.2 Å². The van der Waals surface area contributed by atoms with Crippen molar-refractivity contribution in [1.29, 1.82) is 0 Å². The summed E-state index contributed by atoms with van der Waals surface area (Å²) in [6.07, 6.45) is 5.25. The Morgan fingerprint density at radius 2 is 2.14 bits per heavy atom. The Labute approximate surface area is 133 Å². The van der Waals surface area contributed by atoms with Gasteiger partial charge in [0.1, 0.15) is 0 Å². The van der Waals surface area contributed by atoms with E-state index in [-0.39, 0.29) is 0 Å². The Bertz CT molecular complexity index is 624. The third kappa shape index (κ3) is 3.10. The second-order valence-corrected chi connectivity index (χ2v) is 6.80. The van der Waals surface area contributed by atoms with Crippen LogP contribution in [0.15, 0.2) is 22.7 Å². The number of anilines is 1. The van der Waals surface area contributed by atoms with Gasteiger partial charge in [-0.25, -0.2) is 4.68 Å². The topological polar surface area (TPSA) is 69.6 Å². The van der Waals surface area contributed by atoms with E-state index < -0.39 is 0 Å². The first-order valence-electron chi connectivity index (χ1n) is 7.46. The van der Waals surface area contributed by atoms with Crippen LogP contribution in [0.25, 0.3) is 11.4 Å². The van der Waals surface area contributed by atoms with Crippen LogP contribution < -0.4 is 5.73 Å². The molecule has 21 heavy (non-hydrogen) atoms. The van der Waals surface area contributed by atoms with E-state index in [0.717, 1.165) is 28.3 Å². The van der Waals surface area contributed by atoms with Crippen molar-refractivity contribution >= 4 is 21.6 Å². The molecule has 0 spiro atoms. The number of benzene rings is 1. The number of hydrogen-bond acceptors (Lipinski definition) is 4. The number of nitrogen functional groups attached to an aromatic ring is 1. The van der Waals surface area contributed by atoms with Gasteiger partial charge < -0.3 is 5.73 Å². The normalized spacial score (nSPS) is 22.4. The van der Waals surface area contributed by atoms with Gasteiger partial charge in [0.05, 0.1) is 0 Å². The Hall–Kier alpha value is -1.43. The van der Waals surface area contributed by atoms with E-state index in [0.29, 0.717) is 11.6 Å². The highest BCUT2D eigenvalue weighted by Crippen LogP contribution is 2.32. The largest absolute Gasteiger partial charge is 0.398 e. The monoisotopic (exact) mass is 349 g/mol. The van der Waals surface area contributed by atoms with Crippen molar-refractivity contribution in [3.63, 3.8) is 0 Å². The molecular weight excluding hydrogens is 330 g/mol. The van der Waals surface area contributed by atoms with Crippen molar-refractivity contribution in [2.45, 2.75) is 39.2 Å². The smallest absolute Gasteiger partial charge is 0.182 e. The Morgan fingerprint density at radius 3 is 2.90 bits per heavy atom. The maximum Gasteiger partial charge on any atom is 0.182 e. The van der Waals surface area contributed by atoms with Crippen LogP contribution in [0.2, 0.25) is 0 Å². The lowest BCUT2D eigenvalue weighted by Gasteiger charge is -2.28. The van der Waals surface area contributed by atoms with Crippen LogP contribution in [-0.2, 0) is 6.54 Å². The van der Waals surface area contributed by atoms with Crippen LogP contribution in [0.5, 0.6) is 0 Å². The molecule has 0 amide bonds. The van der Waals surface area contributed by atoms with E-state index >= 15 is 0 Å². The van der Waals surface area contributed by atoms with Crippen molar-refractivity contribution < 1.29 is 0 Å². The van der Waals surface area contributed by atoms with Gasteiger partial charge in [-0.2, -0.15) is 0 Å². The van der Waals surface area contributed by atoms with Crippen molar-refractivity contribution in [3.8, 4) is 11.4 Å². The molecule has 0 aliphatic heterocycles. The Kier molecular flexibility index (Phi) is 4.24. The van der Waals surface area contributed by atoms with Crippen molar-refractivity contribution in [2.24, 2.45) is 11.8 Å². The zero-order valence-electron chi connectivity index (χ0n) is 12.2. The molecule has 1 fully saturated rings. The Morgan fingerprint density at radius 1 is 1.33 bits per heavy atom. The number of nitrogens with zero attached hydrogens (tertiary/aromatic N) is 4. The van der Waals surface area contributed by atoms with Crippen LogP contribution >= 0.6 is 15.9 Å². The number of halogens is 1. The first-order chi connectivity index (χ1) is 10.1. The highest BCUT2D eigenvalue weighted by molar-refractivity contribution is 9.10. The lowest BCUT2D eigenvalue weighted by molar-refractivity contribution is 0.221. The third-order valence-corrected chi connectivity index (χ3v) is 5.20. The lowest BCUT2D eigenvalue weighted by atomic mass is 9.80. The number of tetrazole rings is 1. The Balaban J connectivity index is 1.84. The van der Waals surface area contributed by atoms with Crippen LogP contribution in [0.1, 0.15) is 32.6 Å². The molecule has 2 N–H and O–H groups in total. The van der Waals surface area contributed by atoms with E-state index in [1.165, 1.54) is 25.7 Å². The minimum absolute atomic E-state index is 0.661. The molecule has 5 nitrogen and oxygen atoms in total. The van der Waals surface area contributed by atoms with Gasteiger partial charge in [0.15, 0.2) is 5.82 Å². The quantitative estimate of drug-likeness (QED) is 0.860. The molecule has 112 valence electrons. The van der Waals surface area contributed by atoms with Gasteiger partial charge in [-0.15, -0.1) is 5.10 Å². The summed E-state index contributed by atoms with van der Waals surface area (Å²) >= 11 is 3.42. The molecule has 2 unspecified atom stereocenters. The molecule has 1 aromatic carbocycles. The van der Waals surface area contributed by atoms with E-state index in [4.69, 9.17) is 5.73 Å². The molecule has 1 saturated carbocycles. The summed E-state index contributed by atoms with van der Waals surface area (Å²) in [5.41, 5.74) is 7.62. The predicted octanol–water partition coefficient (Wildman–Crippen LogP) is 3.51. The third-order valence-electron chi connectivity index (χ3n) is 4.48. The van der Waals surface area contributed by atoms with E-state index in [9.17, 15) is 0 Å². The minimum Gasteiger partial charge on any atom is -0.398 e. The van der Waals surface area contributed by atoms with E-state index in [1.54, 1.807) is 0 Å². The SMILES string of the molecule is CC1CCCCC1Cn1nnnc1-c1ccc(Br)c(N)c1. The highest BCUT2D eigenvalue weighted by Gasteiger charge is 2.23. The molecule has 1 aromatic heterocycles. The van der Waals surface area contributed by atoms with Gasteiger partial charge >= 0.3 is 0 Å². The molecule has 2 aromatic rings. The van der Waals surface area contributed by atoms with Crippen LogP contribution in [0.4, 0.5) is 5.69 Å². The van der Waals surface area contributed by atoms with Gasteiger partial charge in [0, 0.05) is 22.3 Å². The lowest BCUT2D eigenvalue weighted by Crippen LogP contribution is -2.23. The van der Waals surface area contributed by atoms with Crippen molar-refractivity contribution in [1.82, 2.24) is 20.2 Å². The van der Waals surface area contributed by atoms with Gasteiger partial charge in [-0.3, -0.25) is 0 Å². The molecule has 0 saturated heterocycles. The summed E-state index contributed by atoms with van der Waals surface area (Å²) in [5.74, 6) is 2.20. The second-order valence-electron chi connectivity index (χ2n) is 5.94. The average Bonchev–Trinajstić information content (AvgIpc) is 2.93. The van der Waals surface area contributed by atoms with Crippen LogP contribution in [0, 0.1) is 11.8 Å². The zero-order chi connectivity index (χ0) is 14.8. The van der Waals surface area contributed by atoms with Crippen LogP contribution in [0.3, 0.4) is 0 Å². The number of hydrogen-bond donors (Lipinski definition) is 1. The summed E-state index contributed by atoms with van der Waals surface area (Å²) in [6.45, 7) is 3.23. The number of nitrogens with two attached hydrogens (primary N) is 1. The molecule has 1 aliphatic carbocycles. The molecule has 1 aliphatic rings. The summed E-state index contributed by atoms with van der Waals surface area (Å²) in [4.78, 5) is 0. The molecule has 0 radical (unpaired) electrons. The fourth-order valence-corrected chi connectivity index (χ4v) is 3.35. The summed E-state index contributed by atoms with van der Waals surface area (Å²) in [7, 11) is 0. The molecule has 6 heteroatoms. The zero-order valence-corrected chi connectivity index (χ0v) is 13.8. The van der Waals surface area contributed by atoms with Gasteiger partial charge in [-0.05, 0) is 62.8 Å². The molecule has 2 atom stereocenters. The first kappa shape index (κ1) is 14.5. The number of rotatable bonds is 3. The summed E-state index contributed by atoms with van der Waals surface area (Å²) in [6, 6.07) is 5.84. The second kappa shape index (κ2) is 6.13. The van der Waals surface area contributed by atoms with E-state index in [1.807, 2.05) is 22.9 Å². The number of aromatic nitrogens is 4. The average molecular weight is 350 g/mol. The molecule has 3 rings (SSSR count). The maximum absolute atomic E-state index is 5.96. The molecule has 0 bridgehead atoms. The minimum atomic E-state index is 0.661. The maximum atomic E-state index is 5.96. The predicted molar refractivity (Wildman–Crippen MR) is 86.5 cm³/mol. The fraction of sp³-hybridized carbons (Fsp3) is 0.533. The van der Waals surface area contributed by atoms with Gasteiger partial charge in [0.2, 0.25) is 0 Å².